The molecule has 5 unspecified atom stereocenters. The van der Waals surface area contributed by atoms with Crippen molar-refractivity contribution in [3.8, 4) is 0 Å². The van der Waals surface area contributed by atoms with Gasteiger partial charge in [-0.1, -0.05) is 20.3 Å². The van der Waals surface area contributed by atoms with Crippen LogP contribution in [0.5, 0.6) is 0 Å². The molecule has 0 aromatic rings. The number of aliphatic hydroxyl groups excluding tert-OH is 2. The number of hydrogen-bond acceptors (Lipinski definition) is 8. The van der Waals surface area contributed by atoms with Crippen LogP contribution in [0.25, 0.3) is 0 Å². The van der Waals surface area contributed by atoms with Gasteiger partial charge in [-0.2, -0.15) is 0 Å². The Kier molecular flexibility index (Phi) is 12.2. The van der Waals surface area contributed by atoms with E-state index in [0.717, 1.165) is 0 Å². The number of hydrogen-bond donors (Lipinski definition) is 8. The maximum atomic E-state index is 12.3. The van der Waals surface area contributed by atoms with Crippen LogP contribution < -0.4 is 27.4 Å². The van der Waals surface area contributed by atoms with E-state index in [1.54, 1.807) is 13.8 Å². The number of carboxylic acids is 1. The van der Waals surface area contributed by atoms with Crippen molar-refractivity contribution in [2.45, 2.75) is 57.3 Å². The molecule has 5 atom stereocenters. The Morgan fingerprint density at radius 3 is 1.77 bits per heavy atom. The second-order valence-corrected chi connectivity index (χ2v) is 6.81. The molecule has 13 nitrogen and oxygen atoms in total. The third-order valence-corrected chi connectivity index (χ3v) is 4.45. The van der Waals surface area contributed by atoms with Crippen LogP contribution in [0.15, 0.2) is 0 Å². The number of aliphatic carboxylic acids is 1. The van der Waals surface area contributed by atoms with Crippen LogP contribution >= 0.6 is 0 Å². The second kappa shape index (κ2) is 13.5. The van der Waals surface area contributed by atoms with Crippen molar-refractivity contribution >= 4 is 29.6 Å². The predicted molar refractivity (Wildman–Crippen MR) is 103 cm³/mol. The van der Waals surface area contributed by atoms with Crippen molar-refractivity contribution in [1.29, 1.82) is 0 Å². The zero-order valence-corrected chi connectivity index (χ0v) is 17.0. The Morgan fingerprint density at radius 1 is 0.900 bits per heavy atom. The molecular formula is C17H31N5O8. The third kappa shape index (κ3) is 9.15. The Hall–Kier alpha value is -2.77. The molecule has 0 fully saturated rings. The lowest BCUT2D eigenvalue weighted by Crippen LogP contribution is -2.59. The van der Waals surface area contributed by atoms with Crippen molar-refractivity contribution in [2.24, 2.45) is 17.4 Å². The highest BCUT2D eigenvalue weighted by molar-refractivity contribution is 5.94. The summed E-state index contributed by atoms with van der Waals surface area (Å²) in [5.41, 5.74) is 10.5. The van der Waals surface area contributed by atoms with Gasteiger partial charge in [0, 0.05) is 6.42 Å². The van der Waals surface area contributed by atoms with Gasteiger partial charge in [-0.3, -0.25) is 19.2 Å². The van der Waals surface area contributed by atoms with E-state index >= 15 is 0 Å². The van der Waals surface area contributed by atoms with E-state index in [-0.39, 0.29) is 12.8 Å². The highest BCUT2D eigenvalue weighted by Gasteiger charge is 2.31. The quantitative estimate of drug-likeness (QED) is 0.134. The topological polar surface area (TPSA) is 234 Å². The number of primary amides is 1. The number of nitrogens with one attached hydrogen (secondary N) is 3. The molecule has 13 heteroatoms. The molecule has 0 aliphatic carbocycles. The third-order valence-electron chi connectivity index (χ3n) is 4.45. The lowest BCUT2D eigenvalue weighted by Gasteiger charge is -2.25. The molecule has 0 heterocycles. The number of rotatable bonds is 14. The zero-order chi connectivity index (χ0) is 23.4. The van der Waals surface area contributed by atoms with Crippen LogP contribution in [0, 0.1) is 5.92 Å². The smallest absolute Gasteiger partial charge is 0.326 e. The van der Waals surface area contributed by atoms with E-state index in [9.17, 15) is 39.3 Å². The van der Waals surface area contributed by atoms with Crippen LogP contribution in [-0.2, 0) is 24.0 Å². The number of nitrogens with two attached hydrogens (primary N) is 2. The molecule has 0 spiro atoms. The average molecular weight is 433 g/mol. The number of amides is 4. The van der Waals surface area contributed by atoms with Crippen molar-refractivity contribution in [1.82, 2.24) is 16.0 Å². The summed E-state index contributed by atoms with van der Waals surface area (Å²) in [5, 5.41) is 34.5. The van der Waals surface area contributed by atoms with E-state index in [1.165, 1.54) is 0 Å². The first kappa shape index (κ1) is 27.2. The predicted octanol–water partition coefficient (Wildman–Crippen LogP) is -3.85. The Labute approximate surface area is 173 Å². The lowest BCUT2D eigenvalue weighted by atomic mass is 9.99. The molecule has 0 radical (unpaired) electrons. The number of carboxylic acid groups (broad SMARTS) is 1. The van der Waals surface area contributed by atoms with Crippen LogP contribution in [0.1, 0.15) is 33.1 Å². The van der Waals surface area contributed by atoms with Gasteiger partial charge in [-0.05, 0) is 12.3 Å². The van der Waals surface area contributed by atoms with E-state index in [4.69, 9.17) is 11.5 Å². The van der Waals surface area contributed by atoms with Crippen LogP contribution in [0.3, 0.4) is 0 Å². The number of carbonyl (C=O) groups excluding carboxylic acids is 4. The maximum Gasteiger partial charge on any atom is 0.326 e. The van der Waals surface area contributed by atoms with Gasteiger partial charge in [0.15, 0.2) is 0 Å². The fourth-order valence-electron chi connectivity index (χ4n) is 2.31. The van der Waals surface area contributed by atoms with E-state index < -0.39 is 72.9 Å². The maximum absolute atomic E-state index is 12.3. The SMILES string of the molecule is CCC(C)C(NC(=O)C(CO)NC(=O)C(CO)NC(=O)C(N)CCC(N)=O)C(=O)O. The van der Waals surface area contributed by atoms with Gasteiger partial charge in [-0.25, -0.2) is 4.79 Å². The summed E-state index contributed by atoms with van der Waals surface area (Å²) >= 11 is 0. The summed E-state index contributed by atoms with van der Waals surface area (Å²) in [4.78, 5) is 58.6. The van der Waals surface area contributed by atoms with Crippen molar-refractivity contribution in [3.63, 3.8) is 0 Å². The molecule has 0 aliphatic heterocycles. The molecule has 0 aromatic carbocycles. The molecule has 0 saturated heterocycles. The Balaban J connectivity index is 5.00. The van der Waals surface area contributed by atoms with Crippen LogP contribution in [-0.4, -0.2) is 82.3 Å². The minimum atomic E-state index is -1.52. The fraction of sp³-hybridized carbons (Fsp3) is 0.706. The molecule has 0 saturated carbocycles. The fourth-order valence-corrected chi connectivity index (χ4v) is 2.31. The van der Waals surface area contributed by atoms with Crippen molar-refractivity contribution in [2.75, 3.05) is 13.2 Å². The minimum Gasteiger partial charge on any atom is -0.480 e. The molecule has 172 valence electrons. The van der Waals surface area contributed by atoms with E-state index in [1.807, 2.05) is 0 Å². The first-order chi connectivity index (χ1) is 14.0. The summed E-state index contributed by atoms with van der Waals surface area (Å²) in [6.07, 6.45) is 0.231. The standard InChI is InChI=1S/C17H31N5O8/c1-3-8(2)13(17(29)30)22-16(28)11(7-24)21-15(27)10(6-23)20-14(26)9(18)4-5-12(19)25/h8-11,13,23-24H,3-7,18H2,1-2H3,(H2,19,25)(H,20,26)(H,21,27)(H,22,28)(H,29,30). The van der Waals surface area contributed by atoms with E-state index in [0.29, 0.717) is 6.42 Å². The molecular weight excluding hydrogens is 402 g/mol. The van der Waals surface area contributed by atoms with Gasteiger partial charge in [0.1, 0.15) is 18.1 Å². The molecule has 4 amide bonds. The highest BCUT2D eigenvalue weighted by Crippen LogP contribution is 2.08. The monoisotopic (exact) mass is 433 g/mol. The second-order valence-electron chi connectivity index (χ2n) is 6.81. The molecule has 10 N–H and O–H groups in total. The normalized spacial score (nSPS) is 15.8. The van der Waals surface area contributed by atoms with Crippen LogP contribution in [0.4, 0.5) is 0 Å². The lowest BCUT2D eigenvalue weighted by molar-refractivity contribution is -0.144. The molecule has 0 rings (SSSR count). The minimum absolute atomic E-state index is 0.0746. The number of aliphatic hydroxyl groups is 2. The first-order valence-corrected chi connectivity index (χ1v) is 9.37. The molecule has 0 aliphatic rings. The molecule has 30 heavy (non-hydrogen) atoms. The van der Waals surface area contributed by atoms with Gasteiger partial charge < -0.3 is 42.7 Å². The number of carbonyl (C=O) groups is 5. The van der Waals surface area contributed by atoms with Gasteiger partial charge in [0.05, 0.1) is 19.3 Å². The summed E-state index contributed by atoms with van der Waals surface area (Å²) in [6.45, 7) is 1.66. The Bertz CT molecular complexity index is 629. The summed E-state index contributed by atoms with van der Waals surface area (Å²) in [6, 6.07) is -5.41. The summed E-state index contributed by atoms with van der Waals surface area (Å²) in [5.74, 6) is -5.13. The van der Waals surface area contributed by atoms with E-state index in [2.05, 4.69) is 16.0 Å². The van der Waals surface area contributed by atoms with Crippen molar-refractivity contribution in [3.05, 3.63) is 0 Å². The molecule has 0 bridgehead atoms. The molecule has 0 aromatic heterocycles. The van der Waals surface area contributed by atoms with Gasteiger partial charge in [0.25, 0.3) is 0 Å². The van der Waals surface area contributed by atoms with Crippen molar-refractivity contribution < 1.29 is 39.3 Å². The Morgan fingerprint density at radius 2 is 1.37 bits per heavy atom. The first-order valence-electron chi connectivity index (χ1n) is 9.37. The average Bonchev–Trinajstić information content (AvgIpc) is 2.70. The largest absolute Gasteiger partial charge is 0.480 e. The van der Waals surface area contributed by atoms with Gasteiger partial charge in [-0.15, -0.1) is 0 Å². The summed E-state index contributed by atoms with van der Waals surface area (Å²) < 4.78 is 0. The van der Waals surface area contributed by atoms with Gasteiger partial charge >= 0.3 is 5.97 Å². The van der Waals surface area contributed by atoms with Crippen LogP contribution in [0.2, 0.25) is 0 Å². The van der Waals surface area contributed by atoms with Gasteiger partial charge in [0.2, 0.25) is 23.6 Å². The zero-order valence-electron chi connectivity index (χ0n) is 17.0. The highest BCUT2D eigenvalue weighted by atomic mass is 16.4. The summed E-state index contributed by atoms with van der Waals surface area (Å²) in [7, 11) is 0.